The zero-order valence-electron chi connectivity index (χ0n) is 8.28. The van der Waals surface area contributed by atoms with Gasteiger partial charge in [-0.1, -0.05) is 6.92 Å². The molecule has 0 spiro atoms. The lowest BCUT2D eigenvalue weighted by Crippen LogP contribution is -2.17. The fraction of sp³-hybridized carbons (Fsp3) is 1.00. The molecule has 0 aliphatic carbocycles. The second-order valence-electron chi connectivity index (χ2n) is 2.28. The van der Waals surface area contributed by atoms with Gasteiger partial charge in [-0.3, -0.25) is 0 Å². The largest absolute Gasteiger partial charge is 0.449 e. The van der Waals surface area contributed by atoms with E-state index in [1.807, 2.05) is 0 Å². The van der Waals surface area contributed by atoms with Gasteiger partial charge in [-0.25, -0.2) is 0 Å². The molecule has 0 radical (unpaired) electrons. The van der Waals surface area contributed by atoms with Crippen LogP contribution in [0.2, 0.25) is 6.04 Å². The predicted octanol–water partition coefficient (Wildman–Crippen LogP) is -5.13. The molecular weight excluding hydrogens is 273 g/mol. The number of hydrogen-bond donors (Lipinski definition) is 0. The molecule has 0 aromatic rings. The minimum absolute atomic E-state index is 0.251. The van der Waals surface area contributed by atoms with Gasteiger partial charge in [-0.15, -0.1) is 0 Å². The average molecular weight is 291 g/mol. The summed E-state index contributed by atoms with van der Waals surface area (Å²) in [6.07, 6.45) is 0. The summed E-state index contributed by atoms with van der Waals surface area (Å²) in [5.41, 5.74) is 0. The topological polar surface area (TPSA) is 46.2 Å². The van der Waals surface area contributed by atoms with E-state index in [0.29, 0.717) is 0 Å². The van der Waals surface area contributed by atoms with Gasteiger partial charge < -0.3 is 20.6 Å². The van der Waals surface area contributed by atoms with Crippen LogP contribution < -0.4 is 0 Å². The minimum atomic E-state index is -0.771. The van der Waals surface area contributed by atoms with E-state index < -0.39 is 40.0 Å². The van der Waals surface area contributed by atoms with E-state index in [2.05, 4.69) is 6.92 Å². The molecule has 0 unspecified atom stereocenters. The monoisotopic (exact) mass is 290 g/mol. The molecule has 0 aliphatic rings. The molecule has 0 fully saturated rings. The Balaban J connectivity index is 2.76. The first kappa shape index (κ1) is 14.1. The summed E-state index contributed by atoms with van der Waals surface area (Å²) in [5, 5.41) is 0. The lowest BCUT2D eigenvalue weighted by molar-refractivity contribution is 0.390. The fourth-order valence-corrected chi connectivity index (χ4v) is 9.77. The molecule has 0 atom stereocenters. The van der Waals surface area contributed by atoms with Gasteiger partial charge in [0, 0.05) is 0 Å². The lowest BCUT2D eigenvalue weighted by Gasteiger charge is -2.05. The van der Waals surface area contributed by atoms with Gasteiger partial charge in [0.05, 0.1) is 0 Å². The standard InChI is InChI=1S/C2H18O5Si6/c1-2-9-4-11-6-13-7-12-5-10-3-8/h2,9-13H2,1,8H3. The summed E-state index contributed by atoms with van der Waals surface area (Å²) in [6.45, 7) is 2.15. The molecule has 0 N–H and O–H groups in total. The molecule has 0 saturated heterocycles. The average Bonchev–Trinajstić information content (AvgIpc) is 2.16. The summed E-state index contributed by atoms with van der Waals surface area (Å²) < 4.78 is 26.2. The van der Waals surface area contributed by atoms with Gasteiger partial charge in [-0.2, -0.15) is 0 Å². The molecule has 0 heterocycles. The van der Waals surface area contributed by atoms with Gasteiger partial charge in [0.25, 0.3) is 40.0 Å². The summed E-state index contributed by atoms with van der Waals surface area (Å²) in [7, 11) is -2.36. The highest BCUT2D eigenvalue weighted by atomic mass is 28.4. The molecule has 0 aromatic carbocycles. The van der Waals surface area contributed by atoms with Crippen molar-refractivity contribution >= 4 is 60.3 Å². The van der Waals surface area contributed by atoms with Gasteiger partial charge in [0.15, 0.2) is 0 Å². The van der Waals surface area contributed by atoms with Gasteiger partial charge in [0.1, 0.15) is 20.2 Å². The summed E-state index contributed by atoms with van der Waals surface area (Å²) in [5.74, 6) is 0. The van der Waals surface area contributed by atoms with Crippen LogP contribution in [0.4, 0.5) is 0 Å². The second-order valence-corrected chi connectivity index (χ2v) is 13.5. The van der Waals surface area contributed by atoms with E-state index in [-0.39, 0.29) is 9.76 Å². The van der Waals surface area contributed by atoms with Crippen molar-refractivity contribution in [2.75, 3.05) is 0 Å². The van der Waals surface area contributed by atoms with Crippen LogP contribution >= 0.6 is 0 Å². The van der Waals surface area contributed by atoms with Crippen molar-refractivity contribution in [1.29, 1.82) is 0 Å². The highest BCUT2D eigenvalue weighted by Gasteiger charge is 1.92. The van der Waals surface area contributed by atoms with E-state index in [1.54, 1.807) is 0 Å². The minimum Gasteiger partial charge on any atom is -0.449 e. The van der Waals surface area contributed by atoms with Crippen molar-refractivity contribution in [2.24, 2.45) is 0 Å². The van der Waals surface area contributed by atoms with Crippen LogP contribution in [0, 0.1) is 0 Å². The Morgan fingerprint density at radius 2 is 1.46 bits per heavy atom. The fourth-order valence-electron chi connectivity index (χ4n) is 0.565. The summed E-state index contributed by atoms with van der Waals surface area (Å²) in [4.78, 5) is 0. The van der Waals surface area contributed by atoms with E-state index in [9.17, 15) is 0 Å². The highest BCUT2D eigenvalue weighted by molar-refractivity contribution is 6.47. The molecule has 13 heavy (non-hydrogen) atoms. The first-order chi connectivity index (χ1) is 6.41. The van der Waals surface area contributed by atoms with Gasteiger partial charge >= 0.3 is 0 Å². The predicted molar refractivity (Wildman–Crippen MR) is 68.6 cm³/mol. The van der Waals surface area contributed by atoms with E-state index in [1.165, 1.54) is 6.04 Å². The van der Waals surface area contributed by atoms with Crippen LogP contribution in [0.1, 0.15) is 6.92 Å². The third kappa shape index (κ3) is 13.1. The molecule has 80 valence electrons. The van der Waals surface area contributed by atoms with Crippen molar-refractivity contribution in [2.45, 2.75) is 13.0 Å². The van der Waals surface area contributed by atoms with E-state index in [0.717, 1.165) is 10.5 Å². The smallest absolute Gasteiger partial charge is 0.286 e. The highest BCUT2D eigenvalue weighted by Crippen LogP contribution is 1.77. The van der Waals surface area contributed by atoms with Crippen LogP contribution in [-0.4, -0.2) is 60.3 Å². The number of hydrogen-bond acceptors (Lipinski definition) is 5. The van der Waals surface area contributed by atoms with Crippen molar-refractivity contribution in [1.82, 2.24) is 0 Å². The Morgan fingerprint density at radius 3 is 2.00 bits per heavy atom. The molecule has 0 aromatic heterocycles. The molecule has 5 nitrogen and oxygen atoms in total. The molecule has 0 rings (SSSR count). The Kier molecular flexibility index (Phi) is 14.2. The third-order valence-corrected chi connectivity index (χ3v) is 8.22. The molecule has 0 amide bonds. The Labute approximate surface area is 93.9 Å². The Hall–Kier alpha value is 1.10. The van der Waals surface area contributed by atoms with Crippen LogP contribution in [0.5, 0.6) is 0 Å². The molecule has 11 heteroatoms. The number of rotatable bonds is 10. The van der Waals surface area contributed by atoms with Crippen LogP contribution in [0.15, 0.2) is 0 Å². The maximum Gasteiger partial charge on any atom is 0.286 e. The molecule has 0 bridgehead atoms. The van der Waals surface area contributed by atoms with Crippen molar-refractivity contribution in [3.63, 3.8) is 0 Å². The summed E-state index contributed by atoms with van der Waals surface area (Å²) in [6, 6.07) is 1.19. The van der Waals surface area contributed by atoms with Crippen molar-refractivity contribution in [3.8, 4) is 0 Å². The van der Waals surface area contributed by atoms with Crippen LogP contribution in [0.3, 0.4) is 0 Å². The second kappa shape index (κ2) is 13.1. The zero-order valence-corrected chi connectivity index (χ0v) is 17.4. The van der Waals surface area contributed by atoms with Crippen LogP contribution in [0.25, 0.3) is 0 Å². The van der Waals surface area contributed by atoms with Crippen molar-refractivity contribution < 1.29 is 20.6 Å². The SMILES string of the molecule is CC[SiH2]O[SiH2]O[SiH2]O[SiH2]O[SiH2]O[SiH3]. The maximum absolute atomic E-state index is 5.38. The van der Waals surface area contributed by atoms with Gasteiger partial charge in [0.2, 0.25) is 0 Å². The molecule has 0 saturated carbocycles. The first-order valence-corrected chi connectivity index (χ1v) is 11.2. The first-order valence-electron chi connectivity index (χ1n) is 4.21. The van der Waals surface area contributed by atoms with E-state index in [4.69, 9.17) is 20.6 Å². The molecule has 0 aliphatic heterocycles. The van der Waals surface area contributed by atoms with E-state index >= 15 is 0 Å². The normalized spacial score (nSPS) is 15.5. The Bertz CT molecular complexity index is 85.1. The Morgan fingerprint density at radius 1 is 0.923 bits per heavy atom. The summed E-state index contributed by atoms with van der Waals surface area (Å²) >= 11 is 0. The quantitative estimate of drug-likeness (QED) is 0.298. The van der Waals surface area contributed by atoms with Crippen LogP contribution in [-0.2, 0) is 20.6 Å². The van der Waals surface area contributed by atoms with Gasteiger partial charge in [-0.05, 0) is 6.04 Å². The zero-order chi connectivity index (χ0) is 9.78. The lowest BCUT2D eigenvalue weighted by atomic mass is 11.0. The third-order valence-electron chi connectivity index (χ3n) is 1.05. The van der Waals surface area contributed by atoms with Crippen molar-refractivity contribution in [3.05, 3.63) is 0 Å². The maximum atomic E-state index is 5.38. The molecular formula is C2H18O5Si6.